The van der Waals surface area contributed by atoms with Crippen LogP contribution in [0.2, 0.25) is 0 Å². The zero-order valence-electron chi connectivity index (χ0n) is 7.78. The largest absolute Gasteiger partial charge is 0.368 e. The minimum Gasteiger partial charge on any atom is -0.368 e. The van der Waals surface area contributed by atoms with Crippen LogP contribution in [0.25, 0.3) is 0 Å². The zero-order valence-corrected chi connectivity index (χ0v) is 7.78. The summed E-state index contributed by atoms with van der Waals surface area (Å²) in [4.78, 5) is 6.08. The number of nitrogen functional groups attached to an aromatic ring is 1. The summed E-state index contributed by atoms with van der Waals surface area (Å²) in [5, 5.41) is 4.14. The molecule has 0 aliphatic heterocycles. The van der Waals surface area contributed by atoms with Gasteiger partial charge >= 0.3 is 0 Å². The Morgan fingerprint density at radius 3 is 2.58 bits per heavy atom. The van der Waals surface area contributed by atoms with Crippen LogP contribution in [-0.4, -0.2) is 40.3 Å². The predicted octanol–water partition coefficient (Wildman–Crippen LogP) is -0.270. The van der Waals surface area contributed by atoms with Crippen molar-refractivity contribution in [2.75, 3.05) is 26.4 Å². The standard InChI is InChI=1S/C7H15N5/c1-6-9-7(8)12(10-6)5-4-11(2)3/h4-5H2,1-3H3,(H2,8,9,10). The number of anilines is 1. The Morgan fingerprint density at radius 1 is 1.50 bits per heavy atom. The third-order valence-electron chi connectivity index (χ3n) is 1.57. The molecule has 0 saturated heterocycles. The fraction of sp³-hybridized carbons (Fsp3) is 0.714. The molecule has 0 aromatic carbocycles. The number of likely N-dealkylation sites (N-methyl/N-ethyl adjacent to an activating group) is 1. The SMILES string of the molecule is Cc1nc(N)n(CCN(C)C)n1. The van der Waals surface area contributed by atoms with E-state index in [9.17, 15) is 0 Å². The summed E-state index contributed by atoms with van der Waals surface area (Å²) in [7, 11) is 4.03. The first-order valence-corrected chi connectivity index (χ1v) is 3.91. The van der Waals surface area contributed by atoms with Crippen LogP contribution in [0.5, 0.6) is 0 Å². The predicted molar refractivity (Wildman–Crippen MR) is 47.7 cm³/mol. The van der Waals surface area contributed by atoms with Crippen LogP contribution in [0.15, 0.2) is 0 Å². The van der Waals surface area contributed by atoms with E-state index in [0.717, 1.165) is 18.9 Å². The number of nitrogens with zero attached hydrogens (tertiary/aromatic N) is 4. The first-order valence-electron chi connectivity index (χ1n) is 3.91. The van der Waals surface area contributed by atoms with Crippen molar-refractivity contribution in [2.45, 2.75) is 13.5 Å². The van der Waals surface area contributed by atoms with E-state index in [1.54, 1.807) is 4.68 Å². The average Bonchev–Trinajstić information content (AvgIpc) is 2.26. The summed E-state index contributed by atoms with van der Waals surface area (Å²) in [6.45, 7) is 3.55. The van der Waals surface area contributed by atoms with E-state index in [2.05, 4.69) is 15.0 Å². The van der Waals surface area contributed by atoms with Gasteiger partial charge in [-0.05, 0) is 21.0 Å². The minimum atomic E-state index is 0.495. The molecule has 0 fully saturated rings. The van der Waals surface area contributed by atoms with Gasteiger partial charge in [-0.15, -0.1) is 0 Å². The topological polar surface area (TPSA) is 60.0 Å². The van der Waals surface area contributed by atoms with Gasteiger partial charge in [0.05, 0.1) is 6.54 Å². The molecule has 0 atom stereocenters. The monoisotopic (exact) mass is 169 g/mol. The Morgan fingerprint density at radius 2 is 2.17 bits per heavy atom. The molecule has 1 rings (SSSR count). The third-order valence-corrected chi connectivity index (χ3v) is 1.57. The quantitative estimate of drug-likeness (QED) is 0.676. The van der Waals surface area contributed by atoms with Gasteiger partial charge in [0.1, 0.15) is 5.82 Å². The van der Waals surface area contributed by atoms with Crippen molar-refractivity contribution >= 4 is 5.95 Å². The molecule has 0 bridgehead atoms. The number of aromatic nitrogens is 3. The van der Waals surface area contributed by atoms with Gasteiger partial charge in [-0.25, -0.2) is 4.68 Å². The maximum atomic E-state index is 5.60. The highest BCUT2D eigenvalue weighted by molar-refractivity contribution is 5.15. The van der Waals surface area contributed by atoms with Gasteiger partial charge in [0, 0.05) is 6.54 Å². The number of aryl methyl sites for hydroxylation is 1. The van der Waals surface area contributed by atoms with E-state index in [0.29, 0.717) is 5.95 Å². The normalized spacial score (nSPS) is 11.0. The highest BCUT2D eigenvalue weighted by Gasteiger charge is 2.02. The van der Waals surface area contributed by atoms with Gasteiger partial charge in [0.25, 0.3) is 0 Å². The van der Waals surface area contributed by atoms with Crippen LogP contribution in [0.3, 0.4) is 0 Å². The van der Waals surface area contributed by atoms with Crippen molar-refractivity contribution < 1.29 is 0 Å². The Kier molecular flexibility index (Phi) is 2.65. The molecule has 12 heavy (non-hydrogen) atoms. The van der Waals surface area contributed by atoms with Crippen molar-refractivity contribution in [1.82, 2.24) is 19.7 Å². The minimum absolute atomic E-state index is 0.495. The second kappa shape index (κ2) is 3.53. The van der Waals surface area contributed by atoms with E-state index < -0.39 is 0 Å². The molecule has 0 aliphatic carbocycles. The van der Waals surface area contributed by atoms with E-state index in [-0.39, 0.29) is 0 Å². The lowest BCUT2D eigenvalue weighted by Crippen LogP contribution is -2.20. The summed E-state index contributed by atoms with van der Waals surface area (Å²) in [5.41, 5.74) is 5.60. The summed E-state index contributed by atoms with van der Waals surface area (Å²) in [6, 6.07) is 0. The van der Waals surface area contributed by atoms with Crippen LogP contribution >= 0.6 is 0 Å². The molecule has 0 aliphatic rings. The molecule has 1 aromatic rings. The van der Waals surface area contributed by atoms with Crippen molar-refractivity contribution in [3.63, 3.8) is 0 Å². The van der Waals surface area contributed by atoms with Crippen LogP contribution in [0.4, 0.5) is 5.95 Å². The summed E-state index contributed by atoms with van der Waals surface area (Å²) < 4.78 is 1.72. The van der Waals surface area contributed by atoms with Gasteiger partial charge < -0.3 is 10.6 Å². The van der Waals surface area contributed by atoms with Crippen molar-refractivity contribution in [2.24, 2.45) is 0 Å². The maximum Gasteiger partial charge on any atom is 0.218 e. The Labute approximate surface area is 72.2 Å². The van der Waals surface area contributed by atoms with Gasteiger partial charge in [0.2, 0.25) is 5.95 Å². The Bertz CT molecular complexity index is 252. The first-order chi connectivity index (χ1) is 5.59. The molecule has 2 N–H and O–H groups in total. The van der Waals surface area contributed by atoms with E-state index >= 15 is 0 Å². The van der Waals surface area contributed by atoms with Gasteiger partial charge in [0.15, 0.2) is 0 Å². The summed E-state index contributed by atoms with van der Waals surface area (Å²) >= 11 is 0. The number of hydrogen-bond donors (Lipinski definition) is 1. The molecule has 68 valence electrons. The van der Waals surface area contributed by atoms with Crippen LogP contribution in [0, 0.1) is 6.92 Å². The van der Waals surface area contributed by atoms with E-state index in [1.807, 2.05) is 21.0 Å². The lowest BCUT2D eigenvalue weighted by molar-refractivity contribution is 0.374. The van der Waals surface area contributed by atoms with Gasteiger partial charge in [-0.2, -0.15) is 10.1 Å². The molecule has 0 saturated carbocycles. The molecule has 1 heterocycles. The summed E-state index contributed by atoms with van der Waals surface area (Å²) in [5.74, 6) is 1.22. The lowest BCUT2D eigenvalue weighted by Gasteiger charge is -2.08. The number of rotatable bonds is 3. The number of hydrogen-bond acceptors (Lipinski definition) is 4. The van der Waals surface area contributed by atoms with Crippen LogP contribution in [0.1, 0.15) is 5.82 Å². The summed E-state index contributed by atoms with van der Waals surface area (Å²) in [6.07, 6.45) is 0. The van der Waals surface area contributed by atoms with E-state index in [1.165, 1.54) is 0 Å². The molecule has 5 nitrogen and oxygen atoms in total. The van der Waals surface area contributed by atoms with Crippen LogP contribution < -0.4 is 5.73 Å². The van der Waals surface area contributed by atoms with Crippen molar-refractivity contribution in [3.05, 3.63) is 5.82 Å². The van der Waals surface area contributed by atoms with E-state index in [4.69, 9.17) is 5.73 Å². The Hall–Kier alpha value is -1.10. The highest BCUT2D eigenvalue weighted by atomic mass is 15.4. The zero-order chi connectivity index (χ0) is 9.14. The highest BCUT2D eigenvalue weighted by Crippen LogP contribution is 1.98. The van der Waals surface area contributed by atoms with Crippen molar-refractivity contribution in [3.8, 4) is 0 Å². The second-order valence-electron chi connectivity index (χ2n) is 3.04. The molecular weight excluding hydrogens is 154 g/mol. The number of nitrogens with two attached hydrogens (primary N) is 1. The fourth-order valence-electron chi connectivity index (χ4n) is 0.931. The van der Waals surface area contributed by atoms with Gasteiger partial charge in [-0.1, -0.05) is 0 Å². The molecule has 0 radical (unpaired) electrons. The Balaban J connectivity index is 2.57. The lowest BCUT2D eigenvalue weighted by atomic mass is 10.6. The van der Waals surface area contributed by atoms with Gasteiger partial charge in [-0.3, -0.25) is 0 Å². The van der Waals surface area contributed by atoms with Crippen LogP contribution in [-0.2, 0) is 6.54 Å². The molecule has 0 spiro atoms. The smallest absolute Gasteiger partial charge is 0.218 e. The fourth-order valence-corrected chi connectivity index (χ4v) is 0.931. The third kappa shape index (κ3) is 2.20. The molecule has 1 aromatic heterocycles. The molecule has 0 amide bonds. The second-order valence-corrected chi connectivity index (χ2v) is 3.04. The molecule has 5 heteroatoms. The average molecular weight is 169 g/mol. The first kappa shape index (κ1) is 8.99. The van der Waals surface area contributed by atoms with Crippen molar-refractivity contribution in [1.29, 1.82) is 0 Å². The molecule has 0 unspecified atom stereocenters. The molecular formula is C7H15N5. The maximum absolute atomic E-state index is 5.60.